The van der Waals surface area contributed by atoms with Gasteiger partial charge in [0.2, 0.25) is 5.89 Å². The molecule has 2 heterocycles. The second kappa shape index (κ2) is 4.89. The molecule has 1 aliphatic heterocycles. The number of rotatable bonds is 3. The molecule has 1 aliphatic rings. The van der Waals surface area contributed by atoms with Crippen molar-refractivity contribution in [3.63, 3.8) is 0 Å². The van der Waals surface area contributed by atoms with Crippen LogP contribution in [0.2, 0.25) is 10.0 Å². The van der Waals surface area contributed by atoms with E-state index in [2.05, 4.69) is 24.2 Å². The first-order chi connectivity index (χ1) is 9.19. The summed E-state index contributed by atoms with van der Waals surface area (Å²) in [6.07, 6.45) is 0. The average Bonchev–Trinajstić information content (AvgIpc) is 3.03. The number of benzene rings is 1. The van der Waals surface area contributed by atoms with Gasteiger partial charge in [-0.1, -0.05) is 28.3 Å². The number of anilines is 2. The maximum Gasteiger partial charge on any atom is 0.320 e. The standard InChI is InChI=1S/C9H6Cl2N6OS/c10-3-1-4(11)7-8(17-19-16-7)6(3)13-9-15-14-5(2-12)18-9/h1H,2,12H2,(H,13,15). The summed E-state index contributed by atoms with van der Waals surface area (Å²) in [7, 11) is 0. The Labute approximate surface area is 121 Å². The van der Waals surface area contributed by atoms with E-state index in [1.807, 2.05) is 0 Å². The molecule has 1 aromatic heterocycles. The van der Waals surface area contributed by atoms with Crippen molar-refractivity contribution in [2.24, 2.45) is 14.5 Å². The highest BCUT2D eigenvalue weighted by Crippen LogP contribution is 2.48. The summed E-state index contributed by atoms with van der Waals surface area (Å²) in [5.74, 6) is 0.320. The maximum absolute atomic E-state index is 6.13. The van der Waals surface area contributed by atoms with Crippen molar-refractivity contribution in [1.82, 2.24) is 10.2 Å². The lowest BCUT2D eigenvalue weighted by Gasteiger charge is -2.08. The summed E-state index contributed by atoms with van der Waals surface area (Å²) in [6.45, 7) is 0.163. The smallest absolute Gasteiger partial charge is 0.320 e. The highest BCUT2D eigenvalue weighted by molar-refractivity contribution is 7.58. The van der Waals surface area contributed by atoms with E-state index in [0.29, 0.717) is 33.0 Å². The van der Waals surface area contributed by atoms with Gasteiger partial charge in [0.1, 0.15) is 11.4 Å². The van der Waals surface area contributed by atoms with Crippen molar-refractivity contribution in [3.8, 4) is 0 Å². The molecule has 0 unspecified atom stereocenters. The first-order valence-electron chi connectivity index (χ1n) is 5.08. The van der Waals surface area contributed by atoms with Crippen molar-refractivity contribution in [2.45, 2.75) is 6.54 Å². The molecule has 1 aromatic carbocycles. The maximum atomic E-state index is 6.13. The lowest BCUT2D eigenvalue weighted by Crippen LogP contribution is -1.95. The quantitative estimate of drug-likeness (QED) is 0.771. The van der Waals surface area contributed by atoms with Crippen LogP contribution in [0.1, 0.15) is 5.89 Å². The van der Waals surface area contributed by atoms with Gasteiger partial charge in [-0.15, -0.1) is 5.10 Å². The van der Waals surface area contributed by atoms with Crippen LogP contribution in [-0.4, -0.2) is 10.2 Å². The predicted octanol–water partition coefficient (Wildman–Crippen LogP) is 3.31. The molecular weight excluding hydrogens is 311 g/mol. The zero-order chi connectivity index (χ0) is 13.4. The molecule has 2 aromatic rings. The van der Waals surface area contributed by atoms with Crippen LogP contribution in [0.3, 0.4) is 0 Å². The fourth-order valence-electron chi connectivity index (χ4n) is 1.49. The molecule has 19 heavy (non-hydrogen) atoms. The molecular formula is C9H6Cl2N6OS. The Balaban J connectivity index is 2.02. The predicted molar refractivity (Wildman–Crippen MR) is 73.5 cm³/mol. The number of nitrogens with two attached hydrogens (primary N) is 1. The molecule has 0 fully saturated rings. The third-order valence-electron chi connectivity index (χ3n) is 2.32. The molecule has 10 heteroatoms. The van der Waals surface area contributed by atoms with Crippen LogP contribution in [0.15, 0.2) is 19.2 Å². The molecule has 0 amide bonds. The summed E-state index contributed by atoms with van der Waals surface area (Å²) in [5, 5.41) is 11.3. The molecule has 3 N–H and O–H groups in total. The summed E-state index contributed by atoms with van der Waals surface area (Å²) >= 11 is 13.2. The topological polar surface area (TPSA) is 102 Å². The SMILES string of the molecule is NCc1nnc(Nc2c(Cl)cc(Cl)c3c2N=S=N3)o1. The summed E-state index contributed by atoms with van der Waals surface area (Å²) in [4.78, 5) is 0. The third-order valence-corrected chi connectivity index (χ3v) is 3.43. The van der Waals surface area contributed by atoms with E-state index >= 15 is 0 Å². The number of nitrogens with zero attached hydrogens (tertiary/aromatic N) is 4. The monoisotopic (exact) mass is 316 g/mol. The van der Waals surface area contributed by atoms with E-state index in [4.69, 9.17) is 33.4 Å². The second-order valence-electron chi connectivity index (χ2n) is 3.51. The fraction of sp³-hybridized carbons (Fsp3) is 0.111. The largest absolute Gasteiger partial charge is 0.406 e. The average molecular weight is 317 g/mol. The van der Waals surface area contributed by atoms with Gasteiger partial charge in [0.15, 0.2) is 0 Å². The zero-order valence-corrected chi connectivity index (χ0v) is 11.6. The van der Waals surface area contributed by atoms with Gasteiger partial charge in [-0.05, 0) is 6.07 Å². The van der Waals surface area contributed by atoms with Crippen molar-refractivity contribution in [3.05, 3.63) is 22.0 Å². The fourth-order valence-corrected chi connectivity index (χ4v) is 2.65. The highest BCUT2D eigenvalue weighted by Gasteiger charge is 2.20. The molecule has 0 bridgehead atoms. The number of hydrogen-bond donors (Lipinski definition) is 2. The molecule has 0 atom stereocenters. The van der Waals surface area contributed by atoms with Crippen LogP contribution in [0, 0.1) is 0 Å². The Kier molecular flexibility index (Phi) is 3.23. The van der Waals surface area contributed by atoms with Crippen LogP contribution < -0.4 is 11.1 Å². The molecule has 3 rings (SSSR count). The van der Waals surface area contributed by atoms with Gasteiger partial charge in [-0.2, -0.15) is 8.73 Å². The number of hydrogen-bond acceptors (Lipinski definition) is 7. The minimum absolute atomic E-state index is 0.163. The van der Waals surface area contributed by atoms with Crippen molar-refractivity contribution >= 4 is 57.6 Å². The molecule has 0 spiro atoms. The molecule has 98 valence electrons. The summed E-state index contributed by atoms with van der Waals surface area (Å²) in [6, 6.07) is 1.76. The van der Waals surface area contributed by atoms with Crippen LogP contribution in [0.5, 0.6) is 0 Å². The Morgan fingerprint density at radius 3 is 2.74 bits per heavy atom. The number of halogens is 2. The normalized spacial score (nSPS) is 12.4. The van der Waals surface area contributed by atoms with Gasteiger partial charge in [-0.25, -0.2) is 0 Å². The Hall–Kier alpha value is -1.48. The van der Waals surface area contributed by atoms with E-state index < -0.39 is 0 Å². The van der Waals surface area contributed by atoms with Gasteiger partial charge in [0.25, 0.3) is 0 Å². The Morgan fingerprint density at radius 2 is 2.00 bits per heavy atom. The lowest BCUT2D eigenvalue weighted by molar-refractivity contribution is 0.511. The molecule has 0 radical (unpaired) electrons. The molecule has 0 saturated heterocycles. The first kappa shape index (κ1) is 12.5. The number of fused-ring (bicyclic) bond motifs is 1. The highest BCUT2D eigenvalue weighted by atomic mass is 35.5. The summed E-state index contributed by atoms with van der Waals surface area (Å²) in [5.41, 5.74) is 7.03. The zero-order valence-electron chi connectivity index (χ0n) is 9.22. The summed E-state index contributed by atoms with van der Waals surface area (Å²) < 4.78 is 13.5. The number of nitrogens with one attached hydrogen (secondary N) is 1. The van der Waals surface area contributed by atoms with E-state index in [1.54, 1.807) is 6.07 Å². The molecule has 0 aliphatic carbocycles. The first-order valence-corrected chi connectivity index (χ1v) is 6.57. The molecule has 7 nitrogen and oxygen atoms in total. The Bertz CT molecular complexity index is 724. The third kappa shape index (κ3) is 2.23. The molecule has 0 saturated carbocycles. The van der Waals surface area contributed by atoms with Gasteiger partial charge in [0, 0.05) is 0 Å². The van der Waals surface area contributed by atoms with Gasteiger partial charge in [-0.3, -0.25) is 0 Å². The van der Waals surface area contributed by atoms with Crippen LogP contribution in [0.4, 0.5) is 23.1 Å². The van der Waals surface area contributed by atoms with E-state index in [0.717, 1.165) is 11.4 Å². The van der Waals surface area contributed by atoms with Gasteiger partial charge in [0.05, 0.1) is 33.6 Å². The second-order valence-corrected chi connectivity index (χ2v) is 4.85. The lowest BCUT2D eigenvalue weighted by atomic mass is 10.2. The van der Waals surface area contributed by atoms with Gasteiger partial charge >= 0.3 is 6.01 Å². The van der Waals surface area contributed by atoms with Crippen molar-refractivity contribution in [2.75, 3.05) is 5.32 Å². The van der Waals surface area contributed by atoms with E-state index in [1.165, 1.54) is 0 Å². The van der Waals surface area contributed by atoms with Crippen LogP contribution >= 0.6 is 23.2 Å². The van der Waals surface area contributed by atoms with Crippen LogP contribution in [-0.2, 0) is 17.9 Å². The van der Waals surface area contributed by atoms with E-state index in [-0.39, 0.29) is 12.6 Å². The van der Waals surface area contributed by atoms with Gasteiger partial charge < -0.3 is 15.5 Å². The number of aromatic nitrogens is 2. The van der Waals surface area contributed by atoms with Crippen molar-refractivity contribution < 1.29 is 4.42 Å². The van der Waals surface area contributed by atoms with Crippen LogP contribution in [0.25, 0.3) is 0 Å². The van der Waals surface area contributed by atoms with Crippen molar-refractivity contribution in [1.29, 1.82) is 0 Å². The van der Waals surface area contributed by atoms with E-state index in [9.17, 15) is 0 Å². The minimum Gasteiger partial charge on any atom is -0.406 e. The Morgan fingerprint density at radius 1 is 1.21 bits per heavy atom. The minimum atomic E-state index is 0.163.